The Hall–Kier alpha value is -1.36. The molecule has 1 heterocycles. The highest BCUT2D eigenvalue weighted by Gasteiger charge is 2.53. The van der Waals surface area contributed by atoms with Crippen molar-refractivity contribution in [3.8, 4) is 0 Å². The molecular formula is C13H21NO4. The molecule has 0 aromatic heterocycles. The highest BCUT2D eigenvalue weighted by Crippen LogP contribution is 2.32. The second kappa shape index (κ2) is 5.10. The van der Waals surface area contributed by atoms with E-state index in [4.69, 9.17) is 9.47 Å². The number of amides is 2. The number of carbonyl (C=O) groups excluding carboxylic acids is 2. The molecule has 18 heavy (non-hydrogen) atoms. The second-order valence-electron chi connectivity index (χ2n) is 5.38. The summed E-state index contributed by atoms with van der Waals surface area (Å²) in [6, 6.07) is -0.359. The maximum atomic E-state index is 12.0. The quantitative estimate of drug-likeness (QED) is 0.571. The molecule has 5 heteroatoms. The molecule has 0 spiro atoms. The third-order valence-electron chi connectivity index (χ3n) is 2.90. The van der Waals surface area contributed by atoms with Crippen LogP contribution in [0, 0.1) is 5.92 Å². The minimum atomic E-state index is -0.628. The Labute approximate surface area is 108 Å². The van der Waals surface area contributed by atoms with Gasteiger partial charge in [0, 0.05) is 7.11 Å². The van der Waals surface area contributed by atoms with Crippen molar-refractivity contribution < 1.29 is 19.1 Å². The van der Waals surface area contributed by atoms with E-state index < -0.39 is 11.7 Å². The molecule has 1 aliphatic rings. The minimum absolute atomic E-state index is 0.251. The Kier molecular flexibility index (Phi) is 4.16. The van der Waals surface area contributed by atoms with Gasteiger partial charge in [-0.2, -0.15) is 0 Å². The molecule has 1 fully saturated rings. The van der Waals surface area contributed by atoms with Crippen molar-refractivity contribution in [1.29, 1.82) is 0 Å². The van der Waals surface area contributed by atoms with Gasteiger partial charge in [0.1, 0.15) is 5.60 Å². The lowest BCUT2D eigenvalue weighted by atomic mass is 9.83. The van der Waals surface area contributed by atoms with Crippen LogP contribution >= 0.6 is 0 Å². The van der Waals surface area contributed by atoms with Crippen LogP contribution in [0.15, 0.2) is 12.7 Å². The van der Waals surface area contributed by atoms with E-state index in [0.717, 1.165) is 4.90 Å². The van der Waals surface area contributed by atoms with E-state index in [1.54, 1.807) is 33.8 Å². The number of nitrogens with zero attached hydrogens (tertiary/aromatic N) is 1. The van der Waals surface area contributed by atoms with Crippen LogP contribution in [0.4, 0.5) is 4.79 Å². The Bertz CT molecular complexity index is 358. The van der Waals surface area contributed by atoms with Gasteiger partial charge in [0.2, 0.25) is 5.91 Å². The zero-order chi connectivity index (χ0) is 14.1. The fraction of sp³-hybridized carbons (Fsp3) is 0.692. The van der Waals surface area contributed by atoms with Gasteiger partial charge in [-0.3, -0.25) is 4.79 Å². The summed E-state index contributed by atoms with van der Waals surface area (Å²) in [5.74, 6) is -0.636. The van der Waals surface area contributed by atoms with Crippen LogP contribution in [0.5, 0.6) is 0 Å². The number of ether oxygens (including phenoxy) is 2. The average molecular weight is 255 g/mol. The lowest BCUT2D eigenvalue weighted by Gasteiger charge is -2.45. The fourth-order valence-corrected chi connectivity index (χ4v) is 1.93. The van der Waals surface area contributed by atoms with Crippen LogP contribution in [0.3, 0.4) is 0 Å². The monoisotopic (exact) mass is 255 g/mol. The molecule has 2 amide bonds. The van der Waals surface area contributed by atoms with E-state index in [1.807, 2.05) is 0 Å². The third kappa shape index (κ3) is 2.72. The van der Waals surface area contributed by atoms with Crippen LogP contribution in [0.25, 0.3) is 0 Å². The van der Waals surface area contributed by atoms with E-state index in [1.165, 1.54) is 7.11 Å². The summed E-state index contributed by atoms with van der Waals surface area (Å²) in [5.41, 5.74) is -0.624. The highest BCUT2D eigenvalue weighted by atomic mass is 16.6. The lowest BCUT2D eigenvalue weighted by molar-refractivity contribution is -0.158. The number of hydrogen-bond acceptors (Lipinski definition) is 4. The maximum absolute atomic E-state index is 12.0. The van der Waals surface area contributed by atoms with E-state index in [-0.39, 0.29) is 24.0 Å². The second-order valence-corrected chi connectivity index (χ2v) is 5.38. The number of hydrogen-bond donors (Lipinski definition) is 0. The highest BCUT2D eigenvalue weighted by molar-refractivity contribution is 6.00. The van der Waals surface area contributed by atoms with Gasteiger partial charge in [-0.1, -0.05) is 6.08 Å². The zero-order valence-electron chi connectivity index (χ0n) is 11.6. The number of β-lactam (4-membered cyclic amide) rings is 1. The molecular weight excluding hydrogens is 234 g/mol. The number of methoxy groups -OCH3 is 1. The Morgan fingerprint density at radius 1 is 1.50 bits per heavy atom. The first kappa shape index (κ1) is 14.7. The van der Waals surface area contributed by atoms with Gasteiger partial charge in [-0.05, 0) is 27.7 Å². The smallest absolute Gasteiger partial charge is 0.417 e. The van der Waals surface area contributed by atoms with Crippen LogP contribution in [-0.4, -0.2) is 41.8 Å². The van der Waals surface area contributed by atoms with Gasteiger partial charge >= 0.3 is 6.09 Å². The molecule has 0 saturated carbocycles. The summed E-state index contributed by atoms with van der Waals surface area (Å²) < 4.78 is 10.3. The maximum Gasteiger partial charge on any atom is 0.417 e. The molecule has 0 aromatic carbocycles. The Morgan fingerprint density at radius 2 is 2.06 bits per heavy atom. The molecule has 0 bridgehead atoms. The first-order valence-electron chi connectivity index (χ1n) is 5.94. The summed E-state index contributed by atoms with van der Waals surface area (Å²) in [4.78, 5) is 24.9. The normalized spacial score (nSPS) is 25.4. The van der Waals surface area contributed by atoms with E-state index >= 15 is 0 Å². The van der Waals surface area contributed by atoms with Crippen molar-refractivity contribution >= 4 is 12.0 Å². The predicted molar refractivity (Wildman–Crippen MR) is 67.0 cm³/mol. The topological polar surface area (TPSA) is 55.8 Å². The third-order valence-corrected chi connectivity index (χ3v) is 2.90. The van der Waals surface area contributed by atoms with Gasteiger partial charge in [0.05, 0.1) is 18.1 Å². The standard InChI is InChI=1S/C13H21NO4/c1-7-9-10(8(2)17-6)11(15)14(9)12(16)18-13(3,4)5/h7-10H,1H2,2-6H3/t8-,9-,10-/m1/s1. The van der Waals surface area contributed by atoms with Crippen molar-refractivity contribution in [1.82, 2.24) is 4.90 Å². The Morgan fingerprint density at radius 3 is 2.44 bits per heavy atom. The molecule has 0 N–H and O–H groups in total. The van der Waals surface area contributed by atoms with Crippen molar-refractivity contribution in [2.24, 2.45) is 5.92 Å². The molecule has 0 aliphatic carbocycles. The summed E-state index contributed by atoms with van der Waals surface area (Å²) >= 11 is 0. The van der Waals surface area contributed by atoms with Crippen molar-refractivity contribution in [2.45, 2.75) is 45.4 Å². The van der Waals surface area contributed by atoms with Gasteiger partial charge in [-0.25, -0.2) is 9.69 Å². The van der Waals surface area contributed by atoms with Crippen LogP contribution < -0.4 is 0 Å². The summed E-state index contributed by atoms with van der Waals surface area (Å²) in [5, 5.41) is 0. The molecule has 5 nitrogen and oxygen atoms in total. The van der Waals surface area contributed by atoms with Gasteiger partial charge < -0.3 is 9.47 Å². The molecule has 1 saturated heterocycles. The summed E-state index contributed by atoms with van der Waals surface area (Å²) in [6.07, 6.45) is 0.696. The van der Waals surface area contributed by atoms with E-state index in [0.29, 0.717) is 0 Å². The van der Waals surface area contributed by atoms with Gasteiger partial charge in [0.25, 0.3) is 0 Å². The predicted octanol–water partition coefficient (Wildman–Crippen LogP) is 1.97. The van der Waals surface area contributed by atoms with Crippen molar-refractivity contribution in [2.75, 3.05) is 7.11 Å². The van der Waals surface area contributed by atoms with Gasteiger partial charge in [-0.15, -0.1) is 6.58 Å². The summed E-state index contributed by atoms with van der Waals surface area (Å²) in [6.45, 7) is 10.7. The number of likely N-dealkylation sites (tertiary alicyclic amines) is 1. The van der Waals surface area contributed by atoms with E-state index in [2.05, 4.69) is 6.58 Å². The van der Waals surface area contributed by atoms with Gasteiger partial charge in [0.15, 0.2) is 0 Å². The first-order chi connectivity index (χ1) is 8.22. The fourth-order valence-electron chi connectivity index (χ4n) is 1.93. The first-order valence-corrected chi connectivity index (χ1v) is 5.94. The van der Waals surface area contributed by atoms with Crippen LogP contribution in [0.2, 0.25) is 0 Å². The largest absolute Gasteiger partial charge is 0.443 e. The van der Waals surface area contributed by atoms with E-state index in [9.17, 15) is 9.59 Å². The van der Waals surface area contributed by atoms with Crippen LogP contribution in [-0.2, 0) is 14.3 Å². The summed E-state index contributed by atoms with van der Waals surface area (Å²) in [7, 11) is 1.54. The van der Waals surface area contributed by atoms with Crippen molar-refractivity contribution in [3.63, 3.8) is 0 Å². The molecule has 1 rings (SSSR count). The average Bonchev–Trinajstić information content (AvgIpc) is 2.22. The zero-order valence-corrected chi connectivity index (χ0v) is 11.6. The minimum Gasteiger partial charge on any atom is -0.443 e. The van der Waals surface area contributed by atoms with Crippen LogP contribution in [0.1, 0.15) is 27.7 Å². The molecule has 3 atom stereocenters. The molecule has 102 valence electrons. The molecule has 0 unspecified atom stereocenters. The number of imide groups is 1. The number of rotatable bonds is 3. The number of carbonyl (C=O) groups is 2. The molecule has 0 radical (unpaired) electrons. The van der Waals surface area contributed by atoms with Crippen molar-refractivity contribution in [3.05, 3.63) is 12.7 Å². The Balaban J connectivity index is 2.78. The molecule has 0 aromatic rings. The SMILES string of the molecule is C=C[C@@H]1[C@@H]([C@@H](C)OC)C(=O)N1C(=O)OC(C)(C)C. The lowest BCUT2D eigenvalue weighted by Crippen LogP contribution is -2.66. The molecule has 1 aliphatic heterocycles.